The summed E-state index contributed by atoms with van der Waals surface area (Å²) >= 11 is 6.25. The van der Waals surface area contributed by atoms with Crippen molar-refractivity contribution < 1.29 is 18.7 Å². The topological polar surface area (TPSA) is 51.1 Å². The standard InChI is InChI=1S/C24H20ClFN2O3/c1-30-16-11-15(12-17(13-16)31-2)22-14-23(19-8-4-6-10-21(19)26)28(27-22)24(29)18-7-3-5-9-20(18)25/h3-13,23H,14H2,1-2H3/t23-/m1/s1. The number of hydrazone groups is 1. The van der Waals surface area contributed by atoms with Crippen LogP contribution in [0.25, 0.3) is 0 Å². The van der Waals surface area contributed by atoms with Crippen molar-refractivity contribution in [3.05, 3.63) is 94.3 Å². The number of hydrogen-bond donors (Lipinski definition) is 0. The highest BCUT2D eigenvalue weighted by Gasteiger charge is 2.36. The van der Waals surface area contributed by atoms with Gasteiger partial charge >= 0.3 is 0 Å². The van der Waals surface area contributed by atoms with E-state index in [4.69, 9.17) is 21.1 Å². The predicted molar refractivity (Wildman–Crippen MR) is 117 cm³/mol. The number of carbonyl (C=O) groups is 1. The van der Waals surface area contributed by atoms with Crippen molar-refractivity contribution in [3.8, 4) is 11.5 Å². The first kappa shape index (κ1) is 20.9. The van der Waals surface area contributed by atoms with Crippen LogP contribution in [0.3, 0.4) is 0 Å². The average molecular weight is 439 g/mol. The third kappa shape index (κ3) is 4.11. The van der Waals surface area contributed by atoms with E-state index in [1.54, 1.807) is 62.8 Å². The maximum Gasteiger partial charge on any atom is 0.276 e. The fraction of sp³-hybridized carbons (Fsp3) is 0.167. The molecule has 0 spiro atoms. The van der Waals surface area contributed by atoms with Gasteiger partial charge in [-0.05, 0) is 30.3 Å². The minimum absolute atomic E-state index is 0.304. The summed E-state index contributed by atoms with van der Waals surface area (Å²) in [6.07, 6.45) is 0.327. The van der Waals surface area contributed by atoms with Crippen molar-refractivity contribution in [2.45, 2.75) is 12.5 Å². The van der Waals surface area contributed by atoms with Crippen LogP contribution in [0.5, 0.6) is 11.5 Å². The fourth-order valence-electron chi connectivity index (χ4n) is 3.59. The van der Waals surface area contributed by atoms with Crippen LogP contribution in [0.1, 0.15) is 33.9 Å². The van der Waals surface area contributed by atoms with E-state index in [2.05, 4.69) is 5.10 Å². The van der Waals surface area contributed by atoms with Crippen LogP contribution in [0.15, 0.2) is 71.8 Å². The number of carbonyl (C=O) groups excluding carboxylic acids is 1. The van der Waals surface area contributed by atoms with Crippen LogP contribution < -0.4 is 9.47 Å². The molecule has 0 aliphatic carbocycles. The Morgan fingerprint density at radius 2 is 1.68 bits per heavy atom. The number of nitrogens with zero attached hydrogens (tertiary/aromatic N) is 2. The molecule has 5 nitrogen and oxygen atoms in total. The van der Waals surface area contributed by atoms with Gasteiger partial charge in [-0.2, -0.15) is 5.10 Å². The van der Waals surface area contributed by atoms with E-state index in [0.717, 1.165) is 5.56 Å². The Morgan fingerprint density at radius 1 is 1.03 bits per heavy atom. The van der Waals surface area contributed by atoms with Gasteiger partial charge < -0.3 is 9.47 Å². The largest absolute Gasteiger partial charge is 0.497 e. The molecular formula is C24H20ClFN2O3. The van der Waals surface area contributed by atoms with Crippen LogP contribution >= 0.6 is 11.6 Å². The first-order valence-corrected chi connectivity index (χ1v) is 10.0. The van der Waals surface area contributed by atoms with Crippen molar-refractivity contribution in [1.29, 1.82) is 0 Å². The average Bonchev–Trinajstić information content (AvgIpc) is 3.24. The maximum absolute atomic E-state index is 14.7. The minimum Gasteiger partial charge on any atom is -0.497 e. The van der Waals surface area contributed by atoms with Gasteiger partial charge in [0.25, 0.3) is 5.91 Å². The van der Waals surface area contributed by atoms with Gasteiger partial charge in [0.15, 0.2) is 0 Å². The fourth-order valence-corrected chi connectivity index (χ4v) is 3.81. The molecule has 1 aliphatic rings. The zero-order valence-corrected chi connectivity index (χ0v) is 17.8. The van der Waals surface area contributed by atoms with Gasteiger partial charge in [-0.15, -0.1) is 0 Å². The first-order valence-electron chi connectivity index (χ1n) is 9.65. The number of hydrogen-bond acceptors (Lipinski definition) is 4. The van der Waals surface area contributed by atoms with Gasteiger partial charge in [0.2, 0.25) is 0 Å². The highest BCUT2D eigenvalue weighted by molar-refractivity contribution is 6.33. The predicted octanol–water partition coefficient (Wildman–Crippen LogP) is 5.49. The van der Waals surface area contributed by atoms with Gasteiger partial charge in [-0.3, -0.25) is 4.79 Å². The second kappa shape index (κ2) is 8.78. The molecule has 158 valence electrons. The summed E-state index contributed by atoms with van der Waals surface area (Å²) in [5.41, 5.74) is 2.04. The number of benzene rings is 3. The second-order valence-corrected chi connectivity index (χ2v) is 7.43. The second-order valence-electron chi connectivity index (χ2n) is 7.02. The Kier molecular flexibility index (Phi) is 5.91. The summed E-state index contributed by atoms with van der Waals surface area (Å²) in [6, 6.07) is 17.9. The van der Waals surface area contributed by atoms with Crippen LogP contribution in [-0.4, -0.2) is 30.8 Å². The van der Waals surface area contributed by atoms with Gasteiger partial charge in [0.05, 0.1) is 36.6 Å². The molecule has 1 heterocycles. The number of rotatable bonds is 5. The SMILES string of the molecule is COc1cc(OC)cc(C2=NN(C(=O)c3ccccc3Cl)[C@@H](c3ccccc3F)C2)c1. The van der Waals surface area contributed by atoms with Crippen LogP contribution in [0, 0.1) is 5.82 Å². The molecule has 0 radical (unpaired) electrons. The summed E-state index contributed by atoms with van der Waals surface area (Å²) in [4.78, 5) is 13.3. The lowest BCUT2D eigenvalue weighted by Gasteiger charge is -2.22. The van der Waals surface area contributed by atoms with Crippen LogP contribution in [-0.2, 0) is 0 Å². The summed E-state index contributed by atoms with van der Waals surface area (Å²) in [5.74, 6) is 0.388. The highest BCUT2D eigenvalue weighted by atomic mass is 35.5. The highest BCUT2D eigenvalue weighted by Crippen LogP contribution is 2.37. The first-order chi connectivity index (χ1) is 15.0. The number of methoxy groups -OCH3 is 2. The minimum atomic E-state index is -0.614. The number of amides is 1. The van der Waals surface area contributed by atoms with Crippen molar-refractivity contribution in [3.63, 3.8) is 0 Å². The van der Waals surface area contributed by atoms with Crippen LogP contribution in [0.2, 0.25) is 5.02 Å². The number of ether oxygens (including phenoxy) is 2. The molecule has 0 aromatic heterocycles. The van der Waals surface area contributed by atoms with Crippen molar-refractivity contribution in [2.75, 3.05) is 14.2 Å². The normalized spacial score (nSPS) is 15.5. The molecular weight excluding hydrogens is 419 g/mol. The molecule has 0 saturated heterocycles. The summed E-state index contributed by atoms with van der Waals surface area (Å²) in [7, 11) is 3.12. The third-order valence-electron chi connectivity index (χ3n) is 5.17. The Bertz CT molecular complexity index is 1140. The smallest absolute Gasteiger partial charge is 0.276 e. The van der Waals surface area contributed by atoms with E-state index in [1.807, 2.05) is 12.1 Å². The summed E-state index contributed by atoms with van der Waals surface area (Å²) in [5, 5.41) is 6.21. The molecule has 1 amide bonds. The Hall–Kier alpha value is -3.38. The lowest BCUT2D eigenvalue weighted by atomic mass is 9.97. The lowest BCUT2D eigenvalue weighted by molar-refractivity contribution is 0.0709. The molecule has 0 saturated carbocycles. The molecule has 0 unspecified atom stereocenters. The lowest BCUT2D eigenvalue weighted by Crippen LogP contribution is -2.27. The molecule has 4 rings (SSSR count). The summed E-state index contributed by atoms with van der Waals surface area (Å²) in [6.45, 7) is 0. The third-order valence-corrected chi connectivity index (χ3v) is 5.50. The van der Waals surface area contributed by atoms with Gasteiger partial charge in [-0.1, -0.05) is 41.9 Å². The molecule has 31 heavy (non-hydrogen) atoms. The van der Waals surface area contributed by atoms with Crippen molar-refractivity contribution in [1.82, 2.24) is 5.01 Å². The zero-order chi connectivity index (χ0) is 22.0. The molecule has 1 aliphatic heterocycles. The van der Waals surface area contributed by atoms with E-state index in [0.29, 0.717) is 39.8 Å². The van der Waals surface area contributed by atoms with E-state index >= 15 is 0 Å². The van der Waals surface area contributed by atoms with Gasteiger partial charge in [0, 0.05) is 23.6 Å². The summed E-state index contributed by atoms with van der Waals surface area (Å²) < 4.78 is 25.4. The molecule has 3 aromatic carbocycles. The Morgan fingerprint density at radius 3 is 2.32 bits per heavy atom. The van der Waals surface area contributed by atoms with E-state index in [-0.39, 0.29) is 0 Å². The van der Waals surface area contributed by atoms with Gasteiger partial charge in [0.1, 0.15) is 17.3 Å². The van der Waals surface area contributed by atoms with Crippen molar-refractivity contribution in [2.24, 2.45) is 5.10 Å². The zero-order valence-electron chi connectivity index (χ0n) is 17.0. The van der Waals surface area contributed by atoms with Gasteiger partial charge in [-0.25, -0.2) is 9.40 Å². The van der Waals surface area contributed by atoms with Crippen molar-refractivity contribution >= 4 is 23.2 Å². The quantitative estimate of drug-likeness (QED) is 0.529. The Balaban J connectivity index is 1.80. The van der Waals surface area contributed by atoms with E-state index in [1.165, 1.54) is 11.1 Å². The van der Waals surface area contributed by atoms with E-state index in [9.17, 15) is 9.18 Å². The molecule has 1 atom stereocenters. The number of halogens is 2. The van der Waals surface area contributed by atoms with Crippen LogP contribution in [0.4, 0.5) is 4.39 Å². The molecule has 0 bridgehead atoms. The molecule has 3 aromatic rings. The van der Waals surface area contributed by atoms with E-state index < -0.39 is 17.8 Å². The molecule has 0 N–H and O–H groups in total. The maximum atomic E-state index is 14.7. The monoisotopic (exact) mass is 438 g/mol. The Labute approximate surface area is 184 Å². The molecule has 0 fully saturated rings. The molecule has 7 heteroatoms.